The SMILES string of the molecule is CC(=O)O[C@@]12CO[C@@H]1C[C@H](O)[C@@]1(C)C(=O)[C@H](OC(=O)CCOCCOCCOCCOCCOCCOCCOCCOCCSSc3ccccn3)C3=C(C)[C@@H](OC(=O)[C@H](O)[C@@H](NC(=O)c4ccccc4)c4ccccc4)C[C@@](O)([C@@H](OC(=O)c4ccccc4)[C@H]21)C3(C)C. The van der Waals surface area contributed by atoms with Crippen LogP contribution in [0.2, 0.25) is 0 Å². The van der Waals surface area contributed by atoms with E-state index in [1.807, 2.05) is 18.2 Å². The number of amides is 1. The summed E-state index contributed by atoms with van der Waals surface area (Å²) in [4.78, 5) is 90.9. The first-order chi connectivity index (χ1) is 45.8. The third kappa shape index (κ3) is 19.1. The molecule has 4 aliphatic rings. The third-order valence-electron chi connectivity index (χ3n) is 17.6. The highest BCUT2D eigenvalue weighted by molar-refractivity contribution is 8.76. The molecule has 26 heteroatoms. The van der Waals surface area contributed by atoms with E-state index < -0.39 is 119 Å². The number of nitrogens with one attached hydrogen (secondary N) is 1. The molecule has 3 aromatic carbocycles. The minimum absolute atomic E-state index is 0.0422. The minimum Gasteiger partial charge on any atom is -0.456 e. The smallest absolute Gasteiger partial charge is 0.338 e. The summed E-state index contributed by atoms with van der Waals surface area (Å²) >= 11 is 0. The molecule has 24 nitrogen and oxygen atoms in total. The fourth-order valence-electron chi connectivity index (χ4n) is 12.6. The van der Waals surface area contributed by atoms with Crippen LogP contribution in [0.4, 0.5) is 0 Å². The number of hydrogen-bond donors (Lipinski definition) is 4. The number of fused-ring (bicyclic) bond motifs is 5. The van der Waals surface area contributed by atoms with Crippen molar-refractivity contribution in [1.29, 1.82) is 0 Å². The van der Waals surface area contributed by atoms with Crippen LogP contribution in [-0.4, -0.2) is 222 Å². The molecule has 11 atom stereocenters. The second-order valence-electron chi connectivity index (χ2n) is 24.0. The second-order valence-corrected chi connectivity index (χ2v) is 26.4. The van der Waals surface area contributed by atoms with Crippen LogP contribution in [0.15, 0.2) is 132 Å². The second kappa shape index (κ2) is 36.4. The van der Waals surface area contributed by atoms with E-state index in [1.54, 1.807) is 120 Å². The maximum Gasteiger partial charge on any atom is 0.338 e. The average Bonchev–Trinajstić information content (AvgIpc) is 0.670. The molecule has 0 spiro atoms. The van der Waals surface area contributed by atoms with Crippen LogP contribution in [0.1, 0.15) is 86.2 Å². The molecule has 3 fully saturated rings. The Balaban J connectivity index is 0.851. The topological polar surface area (TPSA) is 308 Å². The van der Waals surface area contributed by atoms with Gasteiger partial charge in [0.05, 0.1) is 148 Å². The molecule has 2 saturated carbocycles. The van der Waals surface area contributed by atoms with E-state index in [1.165, 1.54) is 26.0 Å². The van der Waals surface area contributed by atoms with E-state index in [2.05, 4.69) is 10.3 Å². The number of benzene rings is 3. The van der Waals surface area contributed by atoms with Crippen LogP contribution in [0.3, 0.4) is 0 Å². The monoisotopic (exact) mass is 1360 g/mol. The van der Waals surface area contributed by atoms with Crippen LogP contribution in [0, 0.1) is 16.7 Å². The highest BCUT2D eigenvalue weighted by atomic mass is 33.1. The van der Waals surface area contributed by atoms with Gasteiger partial charge in [-0.3, -0.25) is 19.2 Å². The Hall–Kier alpha value is -6.21. The predicted molar refractivity (Wildman–Crippen MR) is 346 cm³/mol. The molecule has 518 valence electrons. The largest absolute Gasteiger partial charge is 0.456 e. The summed E-state index contributed by atoms with van der Waals surface area (Å²) in [7, 11) is 3.32. The average molecular weight is 1360 g/mol. The Kier molecular flexibility index (Phi) is 28.6. The summed E-state index contributed by atoms with van der Waals surface area (Å²) in [5.41, 5.74) is -7.56. The number of pyridine rings is 1. The lowest BCUT2D eigenvalue weighted by molar-refractivity contribution is -0.346. The Morgan fingerprint density at radius 3 is 1.71 bits per heavy atom. The number of ketones is 1. The number of aliphatic hydroxyl groups excluding tert-OH is 2. The van der Waals surface area contributed by atoms with E-state index in [4.69, 9.17) is 61.6 Å². The molecule has 4 aromatic rings. The highest BCUT2D eigenvalue weighted by Crippen LogP contribution is 2.64. The van der Waals surface area contributed by atoms with Gasteiger partial charge in [0, 0.05) is 42.7 Å². The van der Waals surface area contributed by atoms with Crippen molar-refractivity contribution in [2.75, 3.05) is 118 Å². The summed E-state index contributed by atoms with van der Waals surface area (Å²) in [5.74, 6) is -6.27. The number of ether oxygens (including phenoxy) is 13. The van der Waals surface area contributed by atoms with Crippen LogP contribution < -0.4 is 5.32 Å². The number of nitrogens with zero attached hydrogens (tertiary/aromatic N) is 1. The molecule has 8 rings (SSSR count). The Labute approximate surface area is 561 Å². The fraction of sp³-hybridized carbons (Fsp3) is 0.551. The van der Waals surface area contributed by atoms with Crippen molar-refractivity contribution in [2.24, 2.45) is 16.7 Å². The predicted octanol–water partition coefficient (Wildman–Crippen LogP) is 6.07. The van der Waals surface area contributed by atoms with Crippen molar-refractivity contribution in [2.45, 2.75) is 113 Å². The van der Waals surface area contributed by atoms with E-state index in [0.717, 1.165) is 17.7 Å². The van der Waals surface area contributed by atoms with E-state index >= 15 is 4.79 Å². The number of aliphatic hydroxyl groups is 3. The Morgan fingerprint density at radius 2 is 1.19 bits per heavy atom. The van der Waals surface area contributed by atoms with Crippen LogP contribution in [0.5, 0.6) is 0 Å². The van der Waals surface area contributed by atoms with Gasteiger partial charge < -0.3 is 82.2 Å². The van der Waals surface area contributed by atoms with Crippen molar-refractivity contribution in [3.05, 3.63) is 143 Å². The first-order valence-electron chi connectivity index (χ1n) is 31.9. The van der Waals surface area contributed by atoms with Gasteiger partial charge in [0.1, 0.15) is 28.9 Å². The van der Waals surface area contributed by atoms with E-state index in [0.29, 0.717) is 78.2 Å². The molecular weight excluding hydrogens is 1270 g/mol. The lowest BCUT2D eigenvalue weighted by atomic mass is 9.44. The Bertz CT molecular complexity index is 3140. The zero-order chi connectivity index (χ0) is 67.9. The van der Waals surface area contributed by atoms with Crippen LogP contribution >= 0.6 is 21.6 Å². The summed E-state index contributed by atoms with van der Waals surface area (Å²) in [6.45, 7) is 12.3. The van der Waals surface area contributed by atoms with Crippen LogP contribution in [-0.2, 0) is 80.8 Å². The van der Waals surface area contributed by atoms with Gasteiger partial charge in [0.25, 0.3) is 5.91 Å². The number of carbonyl (C=O) groups is 6. The van der Waals surface area contributed by atoms with Gasteiger partial charge >= 0.3 is 23.9 Å². The van der Waals surface area contributed by atoms with Gasteiger partial charge in [-0.05, 0) is 77.7 Å². The normalized spacial score (nSPS) is 24.9. The number of aromatic nitrogens is 1. The van der Waals surface area contributed by atoms with Gasteiger partial charge in [-0.2, -0.15) is 0 Å². The number of esters is 4. The molecule has 2 bridgehead atoms. The van der Waals surface area contributed by atoms with Crippen molar-refractivity contribution < 1.29 is 106 Å². The van der Waals surface area contributed by atoms with Gasteiger partial charge in [0.2, 0.25) is 0 Å². The van der Waals surface area contributed by atoms with E-state index in [-0.39, 0.29) is 68.3 Å². The molecule has 0 radical (unpaired) electrons. The molecule has 1 aliphatic heterocycles. The van der Waals surface area contributed by atoms with Gasteiger partial charge in [-0.1, -0.05) is 97.4 Å². The van der Waals surface area contributed by atoms with Gasteiger partial charge in [0.15, 0.2) is 23.6 Å². The maximum absolute atomic E-state index is 16.1. The quantitative estimate of drug-likeness (QED) is 0.0129. The molecular formula is C69H88N2O22S2. The summed E-state index contributed by atoms with van der Waals surface area (Å²) in [6, 6.07) is 28.7. The molecule has 1 amide bonds. The molecule has 0 unspecified atom stereocenters. The van der Waals surface area contributed by atoms with Crippen molar-refractivity contribution in [3.63, 3.8) is 0 Å². The molecule has 2 heterocycles. The lowest BCUT2D eigenvalue weighted by Gasteiger charge is -2.67. The highest BCUT2D eigenvalue weighted by Gasteiger charge is 2.78. The van der Waals surface area contributed by atoms with E-state index in [9.17, 15) is 39.3 Å². The zero-order valence-corrected chi connectivity index (χ0v) is 55.9. The number of Topliss-reactive ketones (excluding diaryl/α,β-unsaturated/α-hetero) is 1. The number of hydrogen-bond acceptors (Lipinski definition) is 25. The summed E-state index contributed by atoms with van der Waals surface area (Å²) in [5, 5.41) is 42.2. The standard InChI is InChI=1S/C69H88N2O22S2/c1-46-51(90-65(79)58(75)57(48-17-9-6-10-18-48)71-63(77)49-19-11-7-12-20-49)44-69(80)62(92-64(78)50-21-13-8-14-22-50)60-67(5,52(73)43-53-68(60,45-89-53)93-47(2)72)61(76)59(56(46)66(69,3)4)91-55(74)24-26-81-27-28-82-29-30-83-31-32-84-33-34-85-35-36-86-37-38-87-39-40-88-41-42-94-95-54-23-15-16-25-70-54/h6-23,25,51-53,57-60,62,73,75,80H,24,26-45H2,1-5H3,(H,71,77)/t51-,52-,53+,57-,58+,59+,60-,62-,67+,68-,69+/m0/s1. The molecule has 1 saturated heterocycles. The minimum atomic E-state index is -2.48. The molecule has 95 heavy (non-hydrogen) atoms. The molecule has 1 aromatic heterocycles. The first kappa shape index (κ1) is 74.6. The van der Waals surface area contributed by atoms with Gasteiger partial charge in [-0.25, -0.2) is 14.6 Å². The fourth-order valence-corrected chi connectivity index (χ4v) is 14.3. The summed E-state index contributed by atoms with van der Waals surface area (Å²) in [6.07, 6.45) is -9.70. The van der Waals surface area contributed by atoms with Crippen LogP contribution in [0.25, 0.3) is 0 Å². The summed E-state index contributed by atoms with van der Waals surface area (Å²) < 4.78 is 76.0. The number of carbonyl (C=O) groups excluding carboxylic acids is 6. The zero-order valence-electron chi connectivity index (χ0n) is 54.3. The Morgan fingerprint density at radius 1 is 0.674 bits per heavy atom. The molecule has 4 N–H and O–H groups in total. The van der Waals surface area contributed by atoms with Crippen molar-refractivity contribution >= 4 is 57.2 Å². The first-order valence-corrected chi connectivity index (χ1v) is 34.2. The van der Waals surface area contributed by atoms with Crippen molar-refractivity contribution in [1.82, 2.24) is 10.3 Å². The maximum atomic E-state index is 16.1. The molecule has 3 aliphatic carbocycles. The third-order valence-corrected chi connectivity index (χ3v) is 19.8. The number of rotatable bonds is 39. The lowest BCUT2D eigenvalue weighted by Crippen LogP contribution is -2.82. The van der Waals surface area contributed by atoms with Crippen molar-refractivity contribution in [3.8, 4) is 0 Å². The van der Waals surface area contributed by atoms with Gasteiger partial charge in [-0.15, -0.1) is 0 Å².